The molecule has 4 aromatic heterocycles. The van der Waals surface area contributed by atoms with Crippen molar-refractivity contribution in [1.29, 1.82) is 0 Å². The molecule has 1 amide bonds. The fourth-order valence-corrected chi connectivity index (χ4v) is 4.41. The number of carbonyl (C=O) groups excluding carboxylic acids is 1. The van der Waals surface area contributed by atoms with E-state index in [4.69, 9.17) is 4.98 Å². The number of amides is 1. The number of carbonyl (C=O) groups is 1. The molecule has 1 N–H and O–H groups in total. The highest BCUT2D eigenvalue weighted by Crippen LogP contribution is 2.33. The molecule has 0 radical (unpaired) electrons. The lowest BCUT2D eigenvalue weighted by Crippen LogP contribution is -2.28. The molecule has 9 heteroatoms. The third-order valence-corrected chi connectivity index (χ3v) is 6.12. The van der Waals surface area contributed by atoms with E-state index in [0.29, 0.717) is 5.82 Å². The topological polar surface area (TPSA) is 90.5 Å². The summed E-state index contributed by atoms with van der Waals surface area (Å²) in [6.45, 7) is 1.96. The molecular formula is C21H19N7OS. The minimum Gasteiger partial charge on any atom is -0.343 e. The Morgan fingerprint density at radius 3 is 2.83 bits per heavy atom. The molecule has 150 valence electrons. The number of thiazole rings is 1. The zero-order valence-electron chi connectivity index (χ0n) is 16.7. The van der Waals surface area contributed by atoms with Gasteiger partial charge in [-0.1, -0.05) is 29.5 Å². The van der Waals surface area contributed by atoms with Crippen LogP contribution in [0.4, 0.5) is 0 Å². The molecule has 0 spiro atoms. The van der Waals surface area contributed by atoms with Crippen molar-refractivity contribution in [3.05, 3.63) is 60.6 Å². The summed E-state index contributed by atoms with van der Waals surface area (Å²) >= 11 is 1.55. The van der Waals surface area contributed by atoms with E-state index in [1.165, 1.54) is 0 Å². The van der Waals surface area contributed by atoms with Crippen LogP contribution in [-0.4, -0.2) is 35.0 Å². The highest BCUT2D eigenvalue weighted by Gasteiger charge is 2.17. The SMILES string of the molecule is C[C@H](NC(=O)c1nccn1C)c1cccc(-c2nc3c(ncc4ncn(C)c43)s2)c1. The number of pyridine rings is 1. The van der Waals surface area contributed by atoms with E-state index in [9.17, 15) is 4.79 Å². The van der Waals surface area contributed by atoms with Crippen LogP contribution >= 0.6 is 11.3 Å². The minimum atomic E-state index is -0.205. The van der Waals surface area contributed by atoms with E-state index < -0.39 is 0 Å². The van der Waals surface area contributed by atoms with Crippen molar-refractivity contribution < 1.29 is 4.79 Å². The molecule has 0 fully saturated rings. The van der Waals surface area contributed by atoms with Gasteiger partial charge in [0.05, 0.1) is 24.1 Å². The van der Waals surface area contributed by atoms with Crippen molar-refractivity contribution >= 4 is 38.6 Å². The van der Waals surface area contributed by atoms with Crippen molar-refractivity contribution in [3.63, 3.8) is 0 Å². The van der Waals surface area contributed by atoms with Gasteiger partial charge in [0.25, 0.3) is 5.91 Å². The van der Waals surface area contributed by atoms with E-state index in [0.717, 1.165) is 37.5 Å². The first-order valence-electron chi connectivity index (χ1n) is 9.46. The number of fused-ring (bicyclic) bond motifs is 3. The second-order valence-corrected chi connectivity index (χ2v) is 8.18. The van der Waals surface area contributed by atoms with Crippen molar-refractivity contribution in [1.82, 2.24) is 34.4 Å². The summed E-state index contributed by atoms with van der Waals surface area (Å²) < 4.78 is 3.67. The number of aryl methyl sites for hydroxylation is 2. The molecule has 8 nitrogen and oxygen atoms in total. The Hall–Kier alpha value is -3.59. The van der Waals surface area contributed by atoms with Gasteiger partial charge >= 0.3 is 0 Å². The maximum atomic E-state index is 12.5. The van der Waals surface area contributed by atoms with Crippen LogP contribution in [0.1, 0.15) is 29.1 Å². The predicted molar refractivity (Wildman–Crippen MR) is 116 cm³/mol. The summed E-state index contributed by atoms with van der Waals surface area (Å²) in [6, 6.07) is 7.88. The Bertz CT molecular complexity index is 1400. The molecule has 4 heterocycles. The standard InChI is InChI=1S/C21H19N7OS/c1-12(25-19(29)18-22-7-8-27(18)2)13-5-4-6-14(9-13)20-26-16-17-15(24-11-28(17)3)10-23-21(16)30-20/h4-12H,1-3H3,(H,25,29)/t12-/m0/s1. The van der Waals surface area contributed by atoms with Crippen molar-refractivity contribution in [2.75, 3.05) is 0 Å². The average Bonchev–Trinajstić information content (AvgIpc) is 3.46. The van der Waals surface area contributed by atoms with Crippen LogP contribution < -0.4 is 5.32 Å². The van der Waals surface area contributed by atoms with Crippen LogP contribution in [0.5, 0.6) is 0 Å². The van der Waals surface area contributed by atoms with Crippen LogP contribution in [0.25, 0.3) is 32.0 Å². The summed E-state index contributed by atoms with van der Waals surface area (Å²) in [5.41, 5.74) is 4.65. The Balaban J connectivity index is 1.47. The molecule has 1 atom stereocenters. The van der Waals surface area contributed by atoms with E-state index in [-0.39, 0.29) is 11.9 Å². The molecule has 1 aromatic carbocycles. The maximum absolute atomic E-state index is 12.5. The molecule has 0 aliphatic rings. The van der Waals surface area contributed by atoms with Gasteiger partial charge in [-0.25, -0.2) is 19.9 Å². The molecule has 0 aliphatic carbocycles. The highest BCUT2D eigenvalue weighted by molar-refractivity contribution is 7.21. The monoisotopic (exact) mass is 417 g/mol. The molecule has 30 heavy (non-hydrogen) atoms. The maximum Gasteiger partial charge on any atom is 0.287 e. The highest BCUT2D eigenvalue weighted by atomic mass is 32.1. The summed E-state index contributed by atoms with van der Waals surface area (Å²) in [4.78, 5) is 31.2. The van der Waals surface area contributed by atoms with Gasteiger partial charge in [0.1, 0.15) is 20.9 Å². The molecule has 5 aromatic rings. The third kappa shape index (κ3) is 3.03. The number of imidazole rings is 2. The third-order valence-electron chi connectivity index (χ3n) is 5.11. The van der Waals surface area contributed by atoms with Gasteiger partial charge in [-0.05, 0) is 18.6 Å². The second kappa shape index (κ2) is 7.03. The molecule has 5 rings (SSSR count). The Labute approximate surface area is 176 Å². The fraction of sp³-hybridized carbons (Fsp3) is 0.190. The van der Waals surface area contributed by atoms with Crippen LogP contribution in [0.15, 0.2) is 49.2 Å². The van der Waals surface area contributed by atoms with Crippen molar-refractivity contribution in [2.24, 2.45) is 14.1 Å². The van der Waals surface area contributed by atoms with E-state index in [1.807, 2.05) is 36.7 Å². The fourth-order valence-electron chi connectivity index (χ4n) is 3.50. The van der Waals surface area contributed by atoms with E-state index >= 15 is 0 Å². The number of hydrogen-bond donors (Lipinski definition) is 1. The summed E-state index contributed by atoms with van der Waals surface area (Å²) in [5.74, 6) is 0.179. The minimum absolute atomic E-state index is 0.176. The molecule has 0 aliphatic heterocycles. The average molecular weight is 417 g/mol. The normalized spacial score (nSPS) is 12.5. The molecule has 0 saturated carbocycles. The largest absolute Gasteiger partial charge is 0.343 e. The van der Waals surface area contributed by atoms with Crippen LogP contribution in [0, 0.1) is 0 Å². The van der Waals surface area contributed by atoms with E-state index in [2.05, 4.69) is 26.3 Å². The second-order valence-electron chi connectivity index (χ2n) is 7.20. The van der Waals surface area contributed by atoms with Gasteiger partial charge in [-0.3, -0.25) is 4.79 Å². The molecule has 0 bridgehead atoms. The van der Waals surface area contributed by atoms with Gasteiger partial charge < -0.3 is 14.5 Å². The number of rotatable bonds is 4. The Morgan fingerprint density at radius 1 is 1.17 bits per heavy atom. The summed E-state index contributed by atoms with van der Waals surface area (Å²) in [6.07, 6.45) is 6.92. The van der Waals surface area contributed by atoms with Gasteiger partial charge in [0.15, 0.2) is 5.82 Å². The predicted octanol–water partition coefficient (Wildman–Crippen LogP) is 3.47. The quantitative estimate of drug-likeness (QED) is 0.484. The van der Waals surface area contributed by atoms with Gasteiger partial charge in [0, 0.05) is 32.1 Å². The molecule has 0 saturated heterocycles. The first-order valence-corrected chi connectivity index (χ1v) is 10.3. The summed E-state index contributed by atoms with van der Waals surface area (Å²) in [7, 11) is 3.76. The van der Waals surface area contributed by atoms with Crippen LogP contribution in [-0.2, 0) is 14.1 Å². The Kier molecular flexibility index (Phi) is 4.32. The summed E-state index contributed by atoms with van der Waals surface area (Å²) in [5, 5.41) is 3.89. The van der Waals surface area contributed by atoms with Crippen LogP contribution in [0.2, 0.25) is 0 Å². The van der Waals surface area contributed by atoms with Gasteiger partial charge in [-0.15, -0.1) is 0 Å². The number of hydrogen-bond acceptors (Lipinski definition) is 6. The molecule has 0 unspecified atom stereocenters. The van der Waals surface area contributed by atoms with E-state index in [1.54, 1.807) is 47.9 Å². The first-order chi connectivity index (χ1) is 14.5. The van der Waals surface area contributed by atoms with Crippen molar-refractivity contribution in [2.45, 2.75) is 13.0 Å². The first kappa shape index (κ1) is 18.4. The van der Waals surface area contributed by atoms with Gasteiger partial charge in [-0.2, -0.15) is 0 Å². The zero-order valence-corrected chi connectivity index (χ0v) is 17.5. The Morgan fingerprint density at radius 2 is 2.03 bits per heavy atom. The molecular weight excluding hydrogens is 398 g/mol. The lowest BCUT2D eigenvalue weighted by atomic mass is 10.1. The number of nitrogens with one attached hydrogen (secondary N) is 1. The number of aromatic nitrogens is 6. The van der Waals surface area contributed by atoms with Crippen LogP contribution in [0.3, 0.4) is 0 Å². The number of nitrogens with zero attached hydrogens (tertiary/aromatic N) is 6. The smallest absolute Gasteiger partial charge is 0.287 e. The lowest BCUT2D eigenvalue weighted by molar-refractivity contribution is 0.0926. The zero-order chi connectivity index (χ0) is 20.8. The van der Waals surface area contributed by atoms with Crippen molar-refractivity contribution in [3.8, 4) is 10.6 Å². The van der Waals surface area contributed by atoms with Gasteiger partial charge in [0.2, 0.25) is 0 Å². The lowest BCUT2D eigenvalue weighted by Gasteiger charge is -2.15. The number of benzene rings is 1.